The zero-order chi connectivity index (χ0) is 68.8. The minimum atomic E-state index is 0.534. The number of rotatable bonds is 16. The number of aromatic nitrogens is 8. The highest BCUT2D eigenvalue weighted by Gasteiger charge is 2.20. The fourth-order valence-electron chi connectivity index (χ4n) is 13.3. The van der Waals surface area contributed by atoms with E-state index in [1.165, 1.54) is 0 Å². The highest BCUT2D eigenvalue weighted by atomic mass is 35.5. The van der Waals surface area contributed by atoms with Crippen molar-refractivity contribution < 1.29 is 0 Å². The van der Waals surface area contributed by atoms with Crippen molar-refractivity contribution in [2.75, 3.05) is 0 Å². The third kappa shape index (κ3) is 13.6. The molecule has 0 aliphatic carbocycles. The molecule has 17 aromatic rings. The molecule has 17 rings (SSSR count). The monoisotopic (exact) mass is 1340 g/mol. The Balaban J connectivity index is 0.626. The van der Waals surface area contributed by atoms with E-state index in [1.54, 1.807) is 0 Å². The fourth-order valence-corrected chi connectivity index (χ4v) is 13.5. The molecule has 0 spiro atoms. The molecule has 9 heteroatoms. The number of nitrogens with zero attached hydrogens (tertiary/aromatic N) is 8. The van der Waals surface area contributed by atoms with Gasteiger partial charge in [-0.3, -0.25) is 9.97 Å². The number of halogens is 1. The van der Waals surface area contributed by atoms with Crippen LogP contribution in [0.1, 0.15) is 0 Å². The molecule has 0 aliphatic rings. The molecule has 0 unspecified atom stereocenters. The van der Waals surface area contributed by atoms with Crippen LogP contribution in [-0.4, -0.2) is 39.9 Å². The van der Waals surface area contributed by atoms with E-state index < -0.39 is 0 Å². The molecular weight excluding hydrogens is 1280 g/mol. The average Bonchev–Trinajstić information content (AvgIpc) is 0.807. The average molecular weight is 1340 g/mol. The van der Waals surface area contributed by atoms with Gasteiger partial charge in [0.05, 0.1) is 11.4 Å². The highest BCUT2D eigenvalue weighted by molar-refractivity contribution is 6.31. The third-order valence-corrected chi connectivity index (χ3v) is 18.8. The molecule has 0 saturated heterocycles. The molecule has 4 heterocycles. The van der Waals surface area contributed by atoms with Crippen molar-refractivity contribution >= 4 is 11.6 Å². The zero-order valence-corrected chi connectivity index (χ0v) is 56.4. The summed E-state index contributed by atoms with van der Waals surface area (Å²) in [5, 5.41) is 0.644. The molecule has 8 nitrogen and oxygen atoms in total. The molecule has 0 N–H and O–H groups in total. The van der Waals surface area contributed by atoms with Crippen LogP contribution >= 0.6 is 11.6 Å². The molecule has 0 bridgehead atoms. The van der Waals surface area contributed by atoms with Crippen molar-refractivity contribution in [3.63, 3.8) is 0 Å². The molecule has 103 heavy (non-hydrogen) atoms. The Labute approximate surface area is 602 Å². The molecule has 0 fully saturated rings. The van der Waals surface area contributed by atoms with Crippen LogP contribution in [0.25, 0.3) is 180 Å². The number of benzene rings is 13. The Morgan fingerprint density at radius 3 is 0.660 bits per heavy atom. The summed E-state index contributed by atoms with van der Waals surface area (Å²) < 4.78 is 0. The molecule has 0 radical (unpaired) electrons. The highest BCUT2D eigenvalue weighted by Crippen LogP contribution is 2.41. The van der Waals surface area contributed by atoms with E-state index >= 15 is 0 Å². The van der Waals surface area contributed by atoms with Gasteiger partial charge in [-0.1, -0.05) is 303 Å². The molecule has 484 valence electrons. The number of hydrogen-bond acceptors (Lipinski definition) is 8. The third-order valence-electron chi connectivity index (χ3n) is 18.6. The summed E-state index contributed by atoms with van der Waals surface area (Å²) in [4.78, 5) is 40.7. The molecule has 4 aromatic heterocycles. The second kappa shape index (κ2) is 28.4. The minimum absolute atomic E-state index is 0.534. The van der Waals surface area contributed by atoms with Crippen molar-refractivity contribution in [3.8, 4) is 180 Å². The van der Waals surface area contributed by atoms with Crippen LogP contribution < -0.4 is 0 Å². The van der Waals surface area contributed by atoms with E-state index in [9.17, 15) is 0 Å². The lowest BCUT2D eigenvalue weighted by atomic mass is 9.90. The van der Waals surface area contributed by atoms with Gasteiger partial charge in [0, 0.05) is 61.9 Å². The molecular formula is C94H61ClN8. The molecule has 0 saturated carbocycles. The predicted molar refractivity (Wildman–Crippen MR) is 421 cm³/mol. The fraction of sp³-hybridized carbons (Fsp3) is 0. The first-order chi connectivity index (χ1) is 50.9. The second-order valence-corrected chi connectivity index (χ2v) is 25.7. The van der Waals surface area contributed by atoms with Gasteiger partial charge in [0.1, 0.15) is 0 Å². The van der Waals surface area contributed by atoms with Crippen molar-refractivity contribution in [1.82, 2.24) is 39.9 Å². The van der Waals surface area contributed by atoms with Gasteiger partial charge in [0.15, 0.2) is 34.9 Å². The van der Waals surface area contributed by atoms with Crippen LogP contribution in [0.2, 0.25) is 5.02 Å². The first-order valence-electron chi connectivity index (χ1n) is 34.2. The van der Waals surface area contributed by atoms with Crippen LogP contribution in [0.4, 0.5) is 0 Å². The Kier molecular flexibility index (Phi) is 17.3. The Bertz CT molecular complexity index is 5330. The van der Waals surface area contributed by atoms with E-state index in [-0.39, 0.29) is 0 Å². The normalized spacial score (nSPS) is 11.2. The Hall–Kier alpha value is -13.5. The van der Waals surface area contributed by atoms with Gasteiger partial charge in [0.25, 0.3) is 0 Å². The van der Waals surface area contributed by atoms with Crippen LogP contribution in [-0.2, 0) is 0 Å². The first kappa shape index (κ1) is 63.0. The van der Waals surface area contributed by atoms with Crippen LogP contribution in [0.3, 0.4) is 0 Å². The van der Waals surface area contributed by atoms with Crippen LogP contribution in [0.5, 0.6) is 0 Å². The van der Waals surface area contributed by atoms with Crippen molar-refractivity contribution in [3.05, 3.63) is 375 Å². The maximum absolute atomic E-state index is 7.14. The largest absolute Gasteiger partial charge is 0.255 e. The summed E-state index contributed by atoms with van der Waals surface area (Å²) >= 11 is 7.14. The van der Waals surface area contributed by atoms with Gasteiger partial charge < -0.3 is 0 Å². The summed E-state index contributed by atoms with van der Waals surface area (Å²) in [6, 6.07) is 124. The maximum Gasteiger partial charge on any atom is 0.165 e. The molecule has 0 aliphatic heterocycles. The van der Waals surface area contributed by atoms with E-state index in [2.05, 4.69) is 309 Å². The van der Waals surface area contributed by atoms with Gasteiger partial charge in [-0.05, 0) is 156 Å². The lowest BCUT2D eigenvalue weighted by Gasteiger charge is -2.15. The Morgan fingerprint density at radius 1 is 0.155 bits per heavy atom. The van der Waals surface area contributed by atoms with Crippen LogP contribution in [0.15, 0.2) is 370 Å². The topological polar surface area (TPSA) is 103 Å². The summed E-state index contributed by atoms with van der Waals surface area (Å²) in [5.41, 5.74) is 26.0. The van der Waals surface area contributed by atoms with E-state index in [0.29, 0.717) is 40.0 Å². The van der Waals surface area contributed by atoms with Gasteiger partial charge in [-0.15, -0.1) is 0 Å². The van der Waals surface area contributed by atoms with Crippen molar-refractivity contribution in [2.24, 2.45) is 0 Å². The molecule has 0 amide bonds. The van der Waals surface area contributed by atoms with E-state index in [4.69, 9.17) is 51.5 Å². The molecule has 0 atom stereocenters. The maximum atomic E-state index is 7.14. The second-order valence-electron chi connectivity index (χ2n) is 25.2. The van der Waals surface area contributed by atoms with Gasteiger partial charge in [-0.25, -0.2) is 29.9 Å². The predicted octanol–water partition coefficient (Wildman–Crippen LogP) is 24.2. The van der Waals surface area contributed by atoms with Gasteiger partial charge >= 0.3 is 0 Å². The quantitative estimate of drug-likeness (QED) is 0.0943. The summed E-state index contributed by atoms with van der Waals surface area (Å²) in [7, 11) is 0. The first-order valence-corrected chi connectivity index (χ1v) is 34.6. The molecule has 13 aromatic carbocycles. The van der Waals surface area contributed by atoms with E-state index in [0.717, 1.165) is 145 Å². The summed E-state index contributed by atoms with van der Waals surface area (Å²) in [6.45, 7) is 0. The zero-order valence-electron chi connectivity index (χ0n) is 55.7. The smallest absolute Gasteiger partial charge is 0.165 e. The van der Waals surface area contributed by atoms with Crippen molar-refractivity contribution in [2.45, 2.75) is 0 Å². The summed E-state index contributed by atoms with van der Waals surface area (Å²) in [6.07, 6.45) is 3.71. The van der Waals surface area contributed by atoms with Gasteiger partial charge in [-0.2, -0.15) is 0 Å². The lowest BCUT2D eigenvalue weighted by Crippen LogP contribution is -2.01. The van der Waals surface area contributed by atoms with Crippen molar-refractivity contribution in [1.29, 1.82) is 0 Å². The summed E-state index contributed by atoms with van der Waals surface area (Å²) in [5.74, 6) is 3.38. The minimum Gasteiger partial charge on any atom is -0.255 e. The standard InChI is InChI=1S/C94H61ClN8/c95-82-58-80(85-39-15-13-37-83(85)66-41-45-68(46-42-66)87-51-49-78(60-96-87)93-100-89(74-33-17-29-70(53-74)62-21-5-1-6-22-62)98-90(101-93)75-34-18-30-71(54-75)63-23-7-2-8-24-63)57-81(59-82)86-40-16-14-38-84(86)67-43-47-69(48-44-67)88-52-50-79(61-97-88)94-102-91(76-35-19-31-72(55-76)64-25-9-3-10-26-64)99-92(103-94)77-36-20-32-73(56-77)65-27-11-4-12-28-65/h1-61H. The van der Waals surface area contributed by atoms with E-state index in [1.807, 2.05) is 60.9 Å². The van der Waals surface area contributed by atoms with Gasteiger partial charge in [0.2, 0.25) is 0 Å². The number of hydrogen-bond donors (Lipinski definition) is 0. The SMILES string of the molecule is Clc1cc(-c2ccccc2-c2ccc(-c3ccc(-c4nc(-c5cccc(-c6ccccc6)c5)nc(-c5cccc(-c6ccccc6)c5)n4)cn3)cc2)cc(-c2ccccc2-c2ccc(-c3ccc(-c4nc(-c5cccc(-c6ccccc6)c5)nc(-c5cccc(-c6ccccc6)c5)n4)cn3)cc2)c1. The lowest BCUT2D eigenvalue weighted by molar-refractivity contribution is 1.07. The Morgan fingerprint density at radius 2 is 0.379 bits per heavy atom. The van der Waals surface area contributed by atoms with Crippen LogP contribution in [0, 0.1) is 0 Å². The number of pyridine rings is 2.